The van der Waals surface area contributed by atoms with Gasteiger partial charge in [-0.15, -0.1) is 10.2 Å². The number of hydrogen-bond donors (Lipinski definition) is 0. The highest BCUT2D eigenvalue weighted by molar-refractivity contribution is 5.76. The summed E-state index contributed by atoms with van der Waals surface area (Å²) in [6, 6.07) is 0. The molecule has 2 aliphatic rings. The van der Waals surface area contributed by atoms with Crippen LogP contribution in [0.1, 0.15) is 24.5 Å². The van der Waals surface area contributed by atoms with Crippen LogP contribution in [0.2, 0.25) is 0 Å². The minimum Gasteiger partial charge on any atom is -0.384 e. The lowest BCUT2D eigenvalue weighted by Gasteiger charge is -2.26. The zero-order chi connectivity index (χ0) is 16.1. The highest BCUT2D eigenvalue weighted by atomic mass is 16.5. The Labute approximate surface area is 136 Å². The average Bonchev–Trinajstić information content (AvgIpc) is 2.82. The van der Waals surface area contributed by atoms with Gasteiger partial charge in [0.25, 0.3) is 0 Å². The molecule has 1 saturated heterocycles. The SMILES string of the molecule is COCCC(=O)N1CCCn2c(CN3CCOCC3)nnc2C1. The van der Waals surface area contributed by atoms with Crippen LogP contribution in [-0.4, -0.2) is 77.0 Å². The Balaban J connectivity index is 1.65. The zero-order valence-electron chi connectivity index (χ0n) is 13.7. The number of carbonyl (C=O) groups is 1. The lowest BCUT2D eigenvalue weighted by molar-refractivity contribution is -0.132. The lowest BCUT2D eigenvalue weighted by Crippen LogP contribution is -2.36. The number of rotatable bonds is 5. The highest BCUT2D eigenvalue weighted by Crippen LogP contribution is 2.15. The van der Waals surface area contributed by atoms with Crippen LogP contribution in [0.25, 0.3) is 0 Å². The molecule has 3 rings (SSSR count). The predicted octanol–water partition coefficient (Wildman–Crippen LogP) is -0.121. The molecule has 0 unspecified atom stereocenters. The van der Waals surface area contributed by atoms with Crippen LogP contribution in [0.3, 0.4) is 0 Å². The van der Waals surface area contributed by atoms with E-state index in [4.69, 9.17) is 9.47 Å². The number of carbonyl (C=O) groups excluding carboxylic acids is 1. The van der Waals surface area contributed by atoms with Crippen molar-refractivity contribution in [3.8, 4) is 0 Å². The van der Waals surface area contributed by atoms with Gasteiger partial charge in [0.1, 0.15) is 5.82 Å². The van der Waals surface area contributed by atoms with Crippen molar-refractivity contribution in [2.24, 2.45) is 0 Å². The molecular weight excluding hydrogens is 298 g/mol. The molecule has 128 valence electrons. The van der Waals surface area contributed by atoms with Gasteiger partial charge in [-0.3, -0.25) is 9.69 Å². The quantitative estimate of drug-likeness (QED) is 0.752. The second-order valence-electron chi connectivity index (χ2n) is 5.98. The van der Waals surface area contributed by atoms with Gasteiger partial charge in [0.2, 0.25) is 5.91 Å². The molecule has 3 heterocycles. The first-order valence-corrected chi connectivity index (χ1v) is 8.25. The number of aromatic nitrogens is 3. The Morgan fingerprint density at radius 1 is 1.22 bits per heavy atom. The molecule has 0 spiro atoms. The van der Waals surface area contributed by atoms with Gasteiger partial charge in [-0.05, 0) is 6.42 Å². The van der Waals surface area contributed by atoms with Gasteiger partial charge in [0.05, 0.1) is 39.3 Å². The third-order valence-corrected chi connectivity index (χ3v) is 4.39. The summed E-state index contributed by atoms with van der Waals surface area (Å²) in [4.78, 5) is 16.4. The van der Waals surface area contributed by atoms with Crippen LogP contribution < -0.4 is 0 Å². The maximum Gasteiger partial charge on any atom is 0.225 e. The van der Waals surface area contributed by atoms with Crippen molar-refractivity contribution in [2.45, 2.75) is 32.5 Å². The van der Waals surface area contributed by atoms with E-state index in [1.165, 1.54) is 0 Å². The maximum atomic E-state index is 12.2. The average molecular weight is 323 g/mol. The van der Waals surface area contributed by atoms with Crippen molar-refractivity contribution in [1.29, 1.82) is 0 Å². The second kappa shape index (κ2) is 7.85. The van der Waals surface area contributed by atoms with Crippen molar-refractivity contribution < 1.29 is 14.3 Å². The summed E-state index contributed by atoms with van der Waals surface area (Å²) in [5, 5.41) is 8.68. The van der Waals surface area contributed by atoms with Gasteiger partial charge in [-0.2, -0.15) is 0 Å². The van der Waals surface area contributed by atoms with Gasteiger partial charge in [0, 0.05) is 33.3 Å². The van der Waals surface area contributed by atoms with E-state index in [-0.39, 0.29) is 5.91 Å². The van der Waals surface area contributed by atoms with Crippen molar-refractivity contribution in [3.05, 3.63) is 11.6 Å². The minimum atomic E-state index is 0.123. The van der Waals surface area contributed by atoms with Crippen LogP contribution in [0, 0.1) is 0 Å². The largest absolute Gasteiger partial charge is 0.384 e. The van der Waals surface area contributed by atoms with E-state index in [0.29, 0.717) is 19.6 Å². The molecule has 23 heavy (non-hydrogen) atoms. The van der Waals surface area contributed by atoms with Crippen molar-refractivity contribution in [1.82, 2.24) is 24.6 Å². The van der Waals surface area contributed by atoms with Crippen LogP contribution in [-0.2, 0) is 33.9 Å². The summed E-state index contributed by atoms with van der Waals surface area (Å²) in [7, 11) is 1.62. The number of amides is 1. The van der Waals surface area contributed by atoms with E-state index >= 15 is 0 Å². The Morgan fingerprint density at radius 3 is 2.83 bits per heavy atom. The summed E-state index contributed by atoms with van der Waals surface area (Å²) >= 11 is 0. The van der Waals surface area contributed by atoms with Crippen molar-refractivity contribution >= 4 is 5.91 Å². The number of nitrogens with zero attached hydrogens (tertiary/aromatic N) is 5. The highest BCUT2D eigenvalue weighted by Gasteiger charge is 2.23. The first-order chi connectivity index (χ1) is 11.3. The molecule has 1 aromatic rings. The fourth-order valence-electron chi connectivity index (χ4n) is 3.05. The Kier molecular flexibility index (Phi) is 5.58. The molecule has 8 nitrogen and oxygen atoms in total. The fraction of sp³-hybridized carbons (Fsp3) is 0.800. The van der Waals surface area contributed by atoms with Crippen LogP contribution in [0.4, 0.5) is 0 Å². The Hall–Kier alpha value is -1.51. The molecule has 0 atom stereocenters. The third-order valence-electron chi connectivity index (χ3n) is 4.39. The molecule has 0 saturated carbocycles. The molecular formula is C15H25N5O3. The molecule has 0 bridgehead atoms. The number of morpholine rings is 1. The standard InChI is InChI=1S/C15H25N5O3/c1-22-8-3-15(21)19-4-2-5-20-13(16-17-14(20)12-19)11-18-6-9-23-10-7-18/h2-12H2,1H3. The fourth-order valence-corrected chi connectivity index (χ4v) is 3.05. The molecule has 1 fully saturated rings. The van der Waals surface area contributed by atoms with E-state index in [9.17, 15) is 4.79 Å². The summed E-state index contributed by atoms with van der Waals surface area (Å²) in [5.74, 6) is 2.00. The van der Waals surface area contributed by atoms with E-state index in [1.807, 2.05) is 4.90 Å². The number of hydrogen-bond acceptors (Lipinski definition) is 6. The molecule has 8 heteroatoms. The molecule has 0 N–H and O–H groups in total. The van der Waals surface area contributed by atoms with Gasteiger partial charge in [-0.25, -0.2) is 0 Å². The summed E-state index contributed by atoms with van der Waals surface area (Å²) in [6.45, 7) is 6.87. The summed E-state index contributed by atoms with van der Waals surface area (Å²) in [5.41, 5.74) is 0. The van der Waals surface area contributed by atoms with E-state index in [2.05, 4.69) is 19.7 Å². The number of methoxy groups -OCH3 is 1. The summed E-state index contributed by atoms with van der Waals surface area (Å²) in [6.07, 6.45) is 1.35. The summed E-state index contributed by atoms with van der Waals surface area (Å²) < 4.78 is 12.6. The molecule has 2 aliphatic heterocycles. The first-order valence-electron chi connectivity index (χ1n) is 8.25. The smallest absolute Gasteiger partial charge is 0.225 e. The molecule has 1 amide bonds. The third kappa shape index (κ3) is 4.07. The second-order valence-corrected chi connectivity index (χ2v) is 5.98. The van der Waals surface area contributed by atoms with E-state index in [0.717, 1.165) is 64.0 Å². The Bertz CT molecular complexity index is 527. The van der Waals surface area contributed by atoms with Gasteiger partial charge < -0.3 is 18.9 Å². The van der Waals surface area contributed by atoms with Crippen LogP contribution in [0.15, 0.2) is 0 Å². The zero-order valence-corrected chi connectivity index (χ0v) is 13.7. The Morgan fingerprint density at radius 2 is 2.04 bits per heavy atom. The number of fused-ring (bicyclic) bond motifs is 1. The van der Waals surface area contributed by atoms with Crippen LogP contribution in [0.5, 0.6) is 0 Å². The van der Waals surface area contributed by atoms with Crippen molar-refractivity contribution in [3.63, 3.8) is 0 Å². The van der Waals surface area contributed by atoms with Gasteiger partial charge in [0.15, 0.2) is 5.82 Å². The van der Waals surface area contributed by atoms with E-state index < -0.39 is 0 Å². The maximum absolute atomic E-state index is 12.2. The molecule has 0 radical (unpaired) electrons. The molecule has 0 aliphatic carbocycles. The topological polar surface area (TPSA) is 72.7 Å². The van der Waals surface area contributed by atoms with Crippen LogP contribution >= 0.6 is 0 Å². The van der Waals surface area contributed by atoms with Gasteiger partial charge in [-0.1, -0.05) is 0 Å². The van der Waals surface area contributed by atoms with Gasteiger partial charge >= 0.3 is 0 Å². The lowest BCUT2D eigenvalue weighted by atomic mass is 10.3. The molecule has 0 aromatic carbocycles. The predicted molar refractivity (Wildman–Crippen MR) is 82.6 cm³/mol. The normalized spacial score (nSPS) is 19.4. The van der Waals surface area contributed by atoms with E-state index in [1.54, 1.807) is 7.11 Å². The van der Waals surface area contributed by atoms with Crippen molar-refractivity contribution in [2.75, 3.05) is 46.6 Å². The first kappa shape index (κ1) is 16.4. The number of ether oxygens (including phenoxy) is 2. The molecule has 1 aromatic heterocycles. The monoisotopic (exact) mass is 323 g/mol. The minimum absolute atomic E-state index is 0.123.